The Morgan fingerprint density at radius 1 is 0.933 bits per heavy atom. The minimum absolute atomic E-state index is 0.110. The lowest BCUT2D eigenvalue weighted by Gasteiger charge is -2.47. The van der Waals surface area contributed by atoms with Gasteiger partial charge in [0.25, 0.3) is 0 Å². The second-order valence-corrected chi connectivity index (χ2v) is 7.85. The topological polar surface area (TPSA) is 52.6 Å². The summed E-state index contributed by atoms with van der Waals surface area (Å²) in [5.74, 6) is -1.07. The molecular weight excluding hydrogens is 376 g/mol. The van der Waals surface area contributed by atoms with Gasteiger partial charge >= 0.3 is 11.9 Å². The molecule has 1 aliphatic carbocycles. The maximum atomic E-state index is 13.5. The molecule has 3 unspecified atom stereocenters. The van der Waals surface area contributed by atoms with E-state index >= 15 is 0 Å². The highest BCUT2D eigenvalue weighted by Crippen LogP contribution is 2.59. The first-order chi connectivity index (χ1) is 14.7. The van der Waals surface area contributed by atoms with Crippen molar-refractivity contribution in [1.29, 1.82) is 0 Å². The molecule has 0 saturated carbocycles. The van der Waals surface area contributed by atoms with Crippen LogP contribution in [0.25, 0.3) is 0 Å². The van der Waals surface area contributed by atoms with Crippen LogP contribution < -0.4 is 4.74 Å². The average molecular weight is 398 g/mol. The van der Waals surface area contributed by atoms with Crippen LogP contribution in [0.3, 0.4) is 0 Å². The number of carbonyl (C=O) groups is 2. The maximum absolute atomic E-state index is 13.5. The van der Waals surface area contributed by atoms with Gasteiger partial charge in [-0.2, -0.15) is 0 Å². The van der Waals surface area contributed by atoms with E-state index in [0.29, 0.717) is 12.2 Å². The van der Waals surface area contributed by atoms with Crippen molar-refractivity contribution in [3.63, 3.8) is 0 Å². The average Bonchev–Trinajstić information content (AvgIpc) is 2.79. The van der Waals surface area contributed by atoms with Crippen molar-refractivity contribution in [1.82, 2.24) is 0 Å². The number of rotatable bonds is 3. The molecule has 2 aliphatic rings. The van der Waals surface area contributed by atoms with E-state index in [9.17, 15) is 9.59 Å². The van der Waals surface area contributed by atoms with Gasteiger partial charge in [0.15, 0.2) is 5.41 Å². The summed E-state index contributed by atoms with van der Waals surface area (Å²) in [6.07, 6.45) is 0.310. The van der Waals surface area contributed by atoms with Crippen molar-refractivity contribution >= 4 is 11.9 Å². The quantitative estimate of drug-likeness (QED) is 0.361. The van der Waals surface area contributed by atoms with Crippen LogP contribution in [0, 0.1) is 5.41 Å². The zero-order chi connectivity index (χ0) is 20.7. The number of hydrogen-bond acceptors (Lipinski definition) is 4. The van der Waals surface area contributed by atoms with Gasteiger partial charge in [0.1, 0.15) is 5.75 Å². The summed E-state index contributed by atoms with van der Waals surface area (Å²) in [6.45, 7) is 1.97. The SMILES string of the molecule is CCOC(=O)C12CC(c3ccccc3)c3ccccc3C1c1ccccc1OC2=O. The van der Waals surface area contributed by atoms with Gasteiger partial charge in [-0.3, -0.25) is 9.59 Å². The van der Waals surface area contributed by atoms with Gasteiger partial charge in [0, 0.05) is 17.4 Å². The second kappa shape index (κ2) is 7.13. The number of ether oxygens (including phenoxy) is 2. The van der Waals surface area contributed by atoms with Gasteiger partial charge in [0.2, 0.25) is 0 Å². The normalized spacial score (nSPS) is 24.1. The molecule has 3 aromatic carbocycles. The molecule has 0 fully saturated rings. The van der Waals surface area contributed by atoms with E-state index in [1.54, 1.807) is 13.0 Å². The zero-order valence-corrected chi connectivity index (χ0v) is 16.7. The second-order valence-electron chi connectivity index (χ2n) is 7.85. The molecule has 30 heavy (non-hydrogen) atoms. The third-order valence-electron chi connectivity index (χ3n) is 6.34. The van der Waals surface area contributed by atoms with Crippen molar-refractivity contribution in [3.05, 3.63) is 101 Å². The molecule has 0 saturated heterocycles. The van der Waals surface area contributed by atoms with Crippen molar-refractivity contribution in [3.8, 4) is 5.75 Å². The van der Waals surface area contributed by atoms with Crippen LogP contribution >= 0.6 is 0 Å². The van der Waals surface area contributed by atoms with Gasteiger partial charge in [-0.15, -0.1) is 0 Å². The van der Waals surface area contributed by atoms with Gasteiger partial charge in [-0.1, -0.05) is 72.8 Å². The van der Waals surface area contributed by atoms with E-state index < -0.39 is 23.3 Å². The number of esters is 2. The minimum Gasteiger partial charge on any atom is -0.465 e. The van der Waals surface area contributed by atoms with Crippen LogP contribution in [-0.2, 0) is 14.3 Å². The fraction of sp³-hybridized carbons (Fsp3) is 0.231. The van der Waals surface area contributed by atoms with Crippen molar-refractivity contribution in [2.45, 2.75) is 25.2 Å². The van der Waals surface area contributed by atoms with Crippen molar-refractivity contribution < 1.29 is 19.1 Å². The van der Waals surface area contributed by atoms with E-state index in [4.69, 9.17) is 9.47 Å². The first kappa shape index (κ1) is 18.6. The van der Waals surface area contributed by atoms with Gasteiger partial charge in [-0.25, -0.2) is 0 Å². The molecule has 0 spiro atoms. The van der Waals surface area contributed by atoms with Crippen LogP contribution in [-0.4, -0.2) is 18.5 Å². The lowest BCUT2D eigenvalue weighted by Crippen LogP contribution is -2.53. The molecule has 0 N–H and O–H groups in total. The number of benzene rings is 3. The Hall–Kier alpha value is -3.40. The Morgan fingerprint density at radius 2 is 1.57 bits per heavy atom. The Kier molecular flexibility index (Phi) is 4.43. The van der Waals surface area contributed by atoms with E-state index in [2.05, 4.69) is 6.07 Å². The molecule has 5 rings (SSSR count). The minimum atomic E-state index is -1.42. The highest BCUT2D eigenvalue weighted by Gasteiger charge is 2.62. The summed E-state index contributed by atoms with van der Waals surface area (Å²) in [5.41, 5.74) is 2.62. The third-order valence-corrected chi connectivity index (χ3v) is 6.34. The first-order valence-electron chi connectivity index (χ1n) is 10.3. The van der Waals surface area contributed by atoms with Gasteiger partial charge in [0.05, 0.1) is 6.61 Å². The van der Waals surface area contributed by atoms with Crippen LogP contribution in [0.2, 0.25) is 0 Å². The number of hydrogen-bond donors (Lipinski definition) is 0. The molecule has 4 nitrogen and oxygen atoms in total. The zero-order valence-electron chi connectivity index (χ0n) is 16.7. The highest BCUT2D eigenvalue weighted by atomic mass is 16.6. The van der Waals surface area contributed by atoms with Crippen LogP contribution in [0.1, 0.15) is 47.4 Å². The van der Waals surface area contributed by atoms with Gasteiger partial charge in [-0.05, 0) is 36.1 Å². The van der Waals surface area contributed by atoms with E-state index in [-0.39, 0.29) is 12.5 Å². The van der Waals surface area contributed by atoms with Crippen molar-refractivity contribution in [2.75, 3.05) is 6.61 Å². The largest absolute Gasteiger partial charge is 0.465 e. The van der Waals surface area contributed by atoms with E-state index in [0.717, 1.165) is 22.3 Å². The molecule has 0 amide bonds. The van der Waals surface area contributed by atoms with Gasteiger partial charge < -0.3 is 9.47 Å². The summed E-state index contributed by atoms with van der Waals surface area (Å²) in [7, 11) is 0. The molecule has 3 aromatic rings. The molecule has 0 radical (unpaired) electrons. The smallest absolute Gasteiger partial charge is 0.329 e. The molecule has 1 heterocycles. The summed E-state index contributed by atoms with van der Waals surface area (Å²) >= 11 is 0. The molecule has 0 aromatic heterocycles. The lowest BCUT2D eigenvalue weighted by molar-refractivity contribution is -0.171. The molecular formula is C26H22O4. The first-order valence-corrected chi connectivity index (χ1v) is 10.3. The maximum Gasteiger partial charge on any atom is 0.329 e. The lowest BCUT2D eigenvalue weighted by atomic mass is 9.56. The summed E-state index contributed by atoms with van der Waals surface area (Å²) in [6, 6.07) is 25.6. The Bertz CT molecular complexity index is 1120. The van der Waals surface area contributed by atoms with Crippen LogP contribution in [0.15, 0.2) is 78.9 Å². The van der Waals surface area contributed by atoms with E-state index in [1.165, 1.54) is 0 Å². The molecule has 150 valence electrons. The molecule has 0 bridgehead atoms. The Morgan fingerprint density at radius 3 is 2.30 bits per heavy atom. The number of para-hydroxylation sites is 1. The standard InChI is InChI=1S/C26H22O4/c1-2-29-24(27)26-16-21(17-10-4-3-5-11-17)18-12-6-7-13-19(18)23(26)20-14-8-9-15-22(20)30-25(26)28/h3-15,21,23H,2,16H2,1H3. The fourth-order valence-corrected chi connectivity index (χ4v) is 5.07. The number of carbonyl (C=O) groups excluding carboxylic acids is 2. The third kappa shape index (κ3) is 2.60. The summed E-state index contributed by atoms with van der Waals surface area (Å²) in [5, 5.41) is 0. The predicted molar refractivity (Wildman–Crippen MR) is 112 cm³/mol. The number of fused-ring (bicyclic) bond motifs is 5. The summed E-state index contributed by atoms with van der Waals surface area (Å²) < 4.78 is 11.2. The van der Waals surface area contributed by atoms with Crippen LogP contribution in [0.4, 0.5) is 0 Å². The highest BCUT2D eigenvalue weighted by molar-refractivity contribution is 6.04. The van der Waals surface area contributed by atoms with Crippen LogP contribution in [0.5, 0.6) is 5.75 Å². The Balaban J connectivity index is 1.81. The fourth-order valence-electron chi connectivity index (χ4n) is 5.07. The van der Waals surface area contributed by atoms with Crippen molar-refractivity contribution in [2.24, 2.45) is 5.41 Å². The molecule has 3 atom stereocenters. The molecule has 4 heteroatoms. The summed E-state index contributed by atoms with van der Waals surface area (Å²) in [4.78, 5) is 26.9. The predicted octanol–water partition coefficient (Wildman–Crippen LogP) is 4.82. The van der Waals surface area contributed by atoms with E-state index in [1.807, 2.05) is 66.7 Å². The molecule has 1 aliphatic heterocycles. The monoisotopic (exact) mass is 398 g/mol. The Labute approximate surface area is 175 Å².